The second-order valence-electron chi connectivity index (χ2n) is 6.42. The number of hydrogen-bond donors (Lipinski definition) is 1. The highest BCUT2D eigenvalue weighted by molar-refractivity contribution is 7.91. The Morgan fingerprint density at radius 2 is 2.08 bits per heavy atom. The van der Waals surface area contributed by atoms with Crippen molar-refractivity contribution in [2.24, 2.45) is 0 Å². The number of carbonyl (C=O) groups excluding carboxylic acids is 2. The highest BCUT2D eigenvalue weighted by Crippen LogP contribution is 2.30. The van der Waals surface area contributed by atoms with Crippen LogP contribution in [0.2, 0.25) is 0 Å². The van der Waals surface area contributed by atoms with E-state index in [4.69, 9.17) is 4.74 Å². The van der Waals surface area contributed by atoms with Crippen LogP contribution in [0.3, 0.4) is 0 Å². The van der Waals surface area contributed by atoms with E-state index in [0.717, 1.165) is 25.7 Å². The molecule has 1 fully saturated rings. The number of amides is 1. The number of aryl methyl sites for hydroxylation is 2. The lowest BCUT2D eigenvalue weighted by atomic mass is 9.99. The lowest BCUT2D eigenvalue weighted by molar-refractivity contribution is -0.129. The molecule has 2 heterocycles. The first-order valence-corrected chi connectivity index (χ1v) is 10.8. The predicted molar refractivity (Wildman–Crippen MR) is 91.0 cm³/mol. The summed E-state index contributed by atoms with van der Waals surface area (Å²) in [6.45, 7) is 1.50. The van der Waals surface area contributed by atoms with Gasteiger partial charge in [0.15, 0.2) is 15.9 Å². The van der Waals surface area contributed by atoms with Gasteiger partial charge in [0, 0.05) is 10.9 Å². The average Bonchev–Trinajstić information content (AvgIpc) is 3.10. The van der Waals surface area contributed by atoms with E-state index in [9.17, 15) is 18.0 Å². The van der Waals surface area contributed by atoms with Gasteiger partial charge >= 0.3 is 5.97 Å². The molecule has 1 aliphatic heterocycles. The number of sulfone groups is 1. The number of thiophene rings is 1. The van der Waals surface area contributed by atoms with Gasteiger partial charge in [0.1, 0.15) is 4.88 Å². The Balaban J connectivity index is 1.55. The van der Waals surface area contributed by atoms with E-state index in [1.54, 1.807) is 0 Å². The summed E-state index contributed by atoms with van der Waals surface area (Å²) in [7, 11) is -3.06. The molecule has 0 saturated carbocycles. The molecular weight excluding hydrogens is 350 g/mol. The topological polar surface area (TPSA) is 89.5 Å². The zero-order chi connectivity index (χ0) is 17.3. The minimum atomic E-state index is -3.06. The first-order valence-electron chi connectivity index (χ1n) is 8.17. The van der Waals surface area contributed by atoms with Crippen LogP contribution >= 0.6 is 11.3 Å². The van der Waals surface area contributed by atoms with Crippen molar-refractivity contribution in [2.45, 2.75) is 51.2 Å². The van der Waals surface area contributed by atoms with Crippen molar-refractivity contribution in [3.63, 3.8) is 0 Å². The molecule has 3 rings (SSSR count). The van der Waals surface area contributed by atoms with Gasteiger partial charge in [0.2, 0.25) is 0 Å². The summed E-state index contributed by atoms with van der Waals surface area (Å²) >= 11 is 1.44. The number of esters is 1. The molecule has 0 spiro atoms. The van der Waals surface area contributed by atoms with Crippen molar-refractivity contribution < 1.29 is 22.7 Å². The van der Waals surface area contributed by atoms with E-state index in [-0.39, 0.29) is 11.5 Å². The number of rotatable bonds is 4. The maximum atomic E-state index is 12.2. The van der Waals surface area contributed by atoms with Crippen LogP contribution in [0, 0.1) is 0 Å². The van der Waals surface area contributed by atoms with E-state index in [0.29, 0.717) is 11.3 Å². The van der Waals surface area contributed by atoms with Crippen LogP contribution in [0.4, 0.5) is 0 Å². The molecule has 1 amide bonds. The number of nitrogens with one attached hydrogen (secondary N) is 1. The summed E-state index contributed by atoms with van der Waals surface area (Å²) in [5.41, 5.74) is 1.21. The zero-order valence-electron chi connectivity index (χ0n) is 13.5. The largest absolute Gasteiger partial charge is 0.448 e. The molecule has 1 N–H and O–H groups in total. The summed E-state index contributed by atoms with van der Waals surface area (Å²) in [5, 5.41) is 2.65. The molecule has 1 aromatic heterocycles. The number of carbonyl (C=O) groups is 2. The highest BCUT2D eigenvalue weighted by Gasteiger charge is 2.31. The highest BCUT2D eigenvalue weighted by atomic mass is 32.2. The number of ether oxygens (including phenoxy) is 1. The maximum absolute atomic E-state index is 12.2. The number of fused-ring (bicyclic) bond motifs is 1. The van der Waals surface area contributed by atoms with Gasteiger partial charge in [-0.1, -0.05) is 0 Å². The van der Waals surface area contributed by atoms with Crippen LogP contribution in [0.5, 0.6) is 0 Å². The molecule has 1 aliphatic carbocycles. The Hall–Kier alpha value is -1.41. The molecular formula is C16H21NO5S2. The van der Waals surface area contributed by atoms with Crippen molar-refractivity contribution in [3.8, 4) is 0 Å². The van der Waals surface area contributed by atoms with Crippen LogP contribution in [-0.2, 0) is 32.2 Å². The van der Waals surface area contributed by atoms with Gasteiger partial charge in [-0.05, 0) is 50.7 Å². The standard InChI is InChI=1S/C16H21NO5S2/c1-10(15(18)17-12-6-7-24(20,21)9-12)22-16(19)14-8-11-4-2-3-5-13(11)23-14/h8,10,12H,2-7,9H2,1H3,(H,17,18)/t10-,12+/m0/s1. The molecule has 0 aromatic carbocycles. The third-order valence-corrected chi connectivity index (χ3v) is 7.41. The monoisotopic (exact) mass is 371 g/mol. The Bertz CT molecular complexity index is 729. The lowest BCUT2D eigenvalue weighted by Crippen LogP contribution is -2.42. The fraction of sp³-hybridized carbons (Fsp3) is 0.625. The number of hydrogen-bond acceptors (Lipinski definition) is 6. The molecule has 0 bridgehead atoms. The Kier molecular flexibility index (Phi) is 4.96. The molecule has 2 aliphatic rings. The molecule has 1 saturated heterocycles. The van der Waals surface area contributed by atoms with E-state index in [2.05, 4.69) is 5.32 Å². The summed E-state index contributed by atoms with van der Waals surface area (Å²) in [4.78, 5) is 26.1. The fourth-order valence-corrected chi connectivity index (χ4v) is 5.90. The zero-order valence-corrected chi connectivity index (χ0v) is 15.2. The normalized spacial score (nSPS) is 23.3. The first-order chi connectivity index (χ1) is 11.3. The van der Waals surface area contributed by atoms with Crippen LogP contribution in [0.25, 0.3) is 0 Å². The van der Waals surface area contributed by atoms with E-state index in [1.807, 2.05) is 6.07 Å². The van der Waals surface area contributed by atoms with Gasteiger partial charge in [-0.3, -0.25) is 4.79 Å². The second-order valence-corrected chi connectivity index (χ2v) is 9.79. The molecule has 8 heteroatoms. The van der Waals surface area contributed by atoms with Gasteiger partial charge in [0.05, 0.1) is 11.5 Å². The van der Waals surface area contributed by atoms with E-state index in [1.165, 1.54) is 28.7 Å². The van der Waals surface area contributed by atoms with Gasteiger partial charge in [-0.25, -0.2) is 13.2 Å². The first kappa shape index (κ1) is 17.4. The van der Waals surface area contributed by atoms with Crippen molar-refractivity contribution >= 4 is 33.1 Å². The summed E-state index contributed by atoms with van der Waals surface area (Å²) in [6, 6.07) is 1.48. The van der Waals surface area contributed by atoms with Gasteiger partial charge < -0.3 is 10.1 Å². The third-order valence-electron chi connectivity index (χ3n) is 4.43. The van der Waals surface area contributed by atoms with Crippen molar-refractivity contribution in [3.05, 3.63) is 21.4 Å². The van der Waals surface area contributed by atoms with E-state index < -0.39 is 33.9 Å². The Labute approximate surface area is 145 Å². The van der Waals surface area contributed by atoms with Crippen molar-refractivity contribution in [1.29, 1.82) is 0 Å². The summed E-state index contributed by atoms with van der Waals surface area (Å²) < 4.78 is 28.1. The smallest absolute Gasteiger partial charge is 0.349 e. The molecule has 1 aromatic rings. The molecule has 24 heavy (non-hydrogen) atoms. The quantitative estimate of drug-likeness (QED) is 0.810. The summed E-state index contributed by atoms with van der Waals surface area (Å²) in [5.74, 6) is -0.896. The third kappa shape index (κ3) is 3.97. The minimum absolute atomic E-state index is 0.0446. The Morgan fingerprint density at radius 3 is 2.75 bits per heavy atom. The summed E-state index contributed by atoms with van der Waals surface area (Å²) in [6.07, 6.45) is 3.74. The average molecular weight is 371 g/mol. The van der Waals surface area contributed by atoms with Crippen LogP contribution in [0.1, 0.15) is 46.3 Å². The van der Waals surface area contributed by atoms with Crippen molar-refractivity contribution in [1.82, 2.24) is 5.32 Å². The second kappa shape index (κ2) is 6.84. The fourth-order valence-electron chi connectivity index (χ4n) is 3.09. The SMILES string of the molecule is C[C@H](OC(=O)c1cc2c(s1)CCCC2)C(=O)N[C@@H]1CCS(=O)(=O)C1. The van der Waals surface area contributed by atoms with Crippen molar-refractivity contribution in [2.75, 3.05) is 11.5 Å². The van der Waals surface area contributed by atoms with Crippen LogP contribution < -0.4 is 5.32 Å². The predicted octanol–water partition coefficient (Wildman–Crippen LogP) is 1.48. The van der Waals surface area contributed by atoms with Gasteiger partial charge in [0.25, 0.3) is 5.91 Å². The van der Waals surface area contributed by atoms with Crippen LogP contribution in [0.15, 0.2) is 6.07 Å². The molecule has 132 valence electrons. The molecule has 0 unspecified atom stereocenters. The molecule has 2 atom stereocenters. The minimum Gasteiger partial charge on any atom is -0.448 e. The molecule has 0 radical (unpaired) electrons. The molecule has 6 nitrogen and oxygen atoms in total. The van der Waals surface area contributed by atoms with E-state index >= 15 is 0 Å². The lowest BCUT2D eigenvalue weighted by Gasteiger charge is -2.16. The maximum Gasteiger partial charge on any atom is 0.349 e. The van der Waals surface area contributed by atoms with Gasteiger partial charge in [-0.2, -0.15) is 0 Å². The Morgan fingerprint density at radius 1 is 1.33 bits per heavy atom. The van der Waals surface area contributed by atoms with Crippen LogP contribution in [-0.4, -0.2) is 43.9 Å². The van der Waals surface area contributed by atoms with Gasteiger partial charge in [-0.15, -0.1) is 11.3 Å².